The van der Waals surface area contributed by atoms with Crippen LogP contribution in [-0.4, -0.2) is 53.0 Å². The number of nitrogens with one attached hydrogen (secondary N) is 1. The van der Waals surface area contributed by atoms with Crippen molar-refractivity contribution in [2.24, 2.45) is 0 Å². The van der Waals surface area contributed by atoms with E-state index in [-0.39, 0.29) is 5.54 Å². The average molecular weight is 347 g/mol. The van der Waals surface area contributed by atoms with Crippen molar-refractivity contribution in [1.29, 1.82) is 5.26 Å². The number of nitriles is 1. The van der Waals surface area contributed by atoms with E-state index in [9.17, 15) is 0 Å². The summed E-state index contributed by atoms with van der Waals surface area (Å²) in [5.74, 6) is 0.804. The Bertz CT molecular complexity index is 770. The van der Waals surface area contributed by atoms with Crippen molar-refractivity contribution in [2.45, 2.75) is 24.9 Å². The predicted octanol–water partition coefficient (Wildman–Crippen LogP) is 2.72. The number of anilines is 1. The summed E-state index contributed by atoms with van der Waals surface area (Å²) in [6.45, 7) is 6.45. The van der Waals surface area contributed by atoms with Gasteiger partial charge in [-0.2, -0.15) is 5.26 Å². The van der Waals surface area contributed by atoms with Crippen LogP contribution in [0, 0.1) is 11.3 Å². The topological polar surface area (TPSA) is 55.2 Å². The Hall–Kier alpha value is -2.42. The summed E-state index contributed by atoms with van der Waals surface area (Å²) < 4.78 is 0. The molecule has 1 N–H and O–H groups in total. The van der Waals surface area contributed by atoms with Gasteiger partial charge in [0, 0.05) is 44.8 Å². The summed E-state index contributed by atoms with van der Waals surface area (Å²) in [6, 6.07) is 18.4. The number of piperazine rings is 1. The fraction of sp³-hybridized carbons (Fsp3) is 0.429. The van der Waals surface area contributed by atoms with E-state index in [1.165, 1.54) is 18.4 Å². The van der Waals surface area contributed by atoms with E-state index in [4.69, 9.17) is 5.26 Å². The van der Waals surface area contributed by atoms with Crippen LogP contribution >= 0.6 is 0 Å². The molecule has 26 heavy (non-hydrogen) atoms. The summed E-state index contributed by atoms with van der Waals surface area (Å²) in [6.07, 6.45) is 2.49. The molecular weight excluding hydrogens is 322 g/mol. The predicted molar refractivity (Wildman–Crippen MR) is 103 cm³/mol. The Balaban J connectivity index is 1.29. The minimum absolute atomic E-state index is 0.281. The zero-order valence-corrected chi connectivity index (χ0v) is 15.1. The fourth-order valence-corrected chi connectivity index (χ4v) is 3.82. The summed E-state index contributed by atoms with van der Waals surface area (Å²) in [5.41, 5.74) is 2.14. The molecule has 2 aromatic rings. The van der Waals surface area contributed by atoms with E-state index in [2.05, 4.69) is 56.5 Å². The first kappa shape index (κ1) is 17.0. The van der Waals surface area contributed by atoms with Crippen LogP contribution in [0.2, 0.25) is 0 Å². The highest BCUT2D eigenvalue weighted by Gasteiger charge is 2.48. The maximum atomic E-state index is 8.98. The molecule has 1 aromatic heterocycles. The second kappa shape index (κ2) is 7.45. The van der Waals surface area contributed by atoms with Crippen LogP contribution in [0.4, 0.5) is 5.82 Å². The van der Waals surface area contributed by atoms with E-state index in [0.717, 1.165) is 45.1 Å². The first-order chi connectivity index (χ1) is 12.8. The number of aromatic nitrogens is 1. The van der Waals surface area contributed by atoms with E-state index in [0.29, 0.717) is 5.69 Å². The highest BCUT2D eigenvalue weighted by atomic mass is 15.3. The maximum Gasteiger partial charge on any atom is 0.142 e. The minimum atomic E-state index is 0.281. The highest BCUT2D eigenvalue weighted by molar-refractivity contribution is 5.39. The zero-order chi connectivity index (χ0) is 17.8. The molecule has 0 radical (unpaired) electrons. The van der Waals surface area contributed by atoms with Gasteiger partial charge in [0.15, 0.2) is 0 Å². The third kappa shape index (κ3) is 3.87. The van der Waals surface area contributed by atoms with Gasteiger partial charge < -0.3 is 5.32 Å². The summed E-state index contributed by atoms with van der Waals surface area (Å²) in [7, 11) is 0. The summed E-state index contributed by atoms with van der Waals surface area (Å²) in [4.78, 5) is 9.52. The molecule has 2 aliphatic rings. The normalized spacial score (nSPS) is 19.7. The molecular formula is C21H25N5. The second-order valence-corrected chi connectivity index (χ2v) is 7.35. The molecule has 1 aliphatic carbocycles. The first-order valence-electron chi connectivity index (χ1n) is 9.40. The lowest BCUT2D eigenvalue weighted by atomic mass is 10.1. The fourth-order valence-electron chi connectivity index (χ4n) is 3.82. The molecule has 1 aromatic carbocycles. The third-order valence-corrected chi connectivity index (χ3v) is 5.58. The van der Waals surface area contributed by atoms with Gasteiger partial charge in [-0.05, 0) is 30.5 Å². The smallest absolute Gasteiger partial charge is 0.142 e. The molecule has 2 heterocycles. The van der Waals surface area contributed by atoms with Crippen LogP contribution in [0.15, 0.2) is 48.5 Å². The van der Waals surface area contributed by atoms with E-state index >= 15 is 0 Å². The Kier molecular flexibility index (Phi) is 4.87. The molecule has 1 saturated heterocycles. The van der Waals surface area contributed by atoms with Crippen molar-refractivity contribution in [1.82, 2.24) is 14.8 Å². The van der Waals surface area contributed by atoms with Crippen molar-refractivity contribution in [3.05, 3.63) is 59.8 Å². The Morgan fingerprint density at radius 3 is 2.46 bits per heavy atom. The minimum Gasteiger partial charge on any atom is -0.368 e. The van der Waals surface area contributed by atoms with Crippen LogP contribution in [0.1, 0.15) is 24.1 Å². The molecule has 0 spiro atoms. The molecule has 0 amide bonds. The maximum absolute atomic E-state index is 8.98. The number of benzene rings is 1. The van der Waals surface area contributed by atoms with E-state index in [1.807, 2.05) is 12.1 Å². The Labute approximate surface area is 155 Å². The summed E-state index contributed by atoms with van der Waals surface area (Å²) in [5, 5.41) is 12.4. The monoisotopic (exact) mass is 347 g/mol. The number of pyridine rings is 1. The van der Waals surface area contributed by atoms with Gasteiger partial charge in [-0.25, -0.2) is 4.98 Å². The summed E-state index contributed by atoms with van der Waals surface area (Å²) >= 11 is 0. The van der Waals surface area contributed by atoms with Crippen LogP contribution in [0.3, 0.4) is 0 Å². The number of rotatable bonds is 6. The van der Waals surface area contributed by atoms with Crippen molar-refractivity contribution in [3.8, 4) is 6.07 Å². The van der Waals surface area contributed by atoms with Gasteiger partial charge in [-0.3, -0.25) is 9.80 Å². The zero-order valence-electron chi connectivity index (χ0n) is 15.1. The lowest BCUT2D eigenvalue weighted by Crippen LogP contribution is -2.53. The number of hydrogen-bond acceptors (Lipinski definition) is 5. The molecule has 5 nitrogen and oxygen atoms in total. The van der Waals surface area contributed by atoms with Crippen LogP contribution in [0.25, 0.3) is 0 Å². The SMILES string of the molecule is N#Cc1cccc(NCC2(N3CCN(Cc4ccccc4)CC3)CC2)n1. The van der Waals surface area contributed by atoms with Gasteiger partial charge in [-0.15, -0.1) is 0 Å². The van der Waals surface area contributed by atoms with Crippen molar-refractivity contribution < 1.29 is 0 Å². The van der Waals surface area contributed by atoms with Crippen molar-refractivity contribution in [2.75, 3.05) is 38.0 Å². The standard InChI is InChI=1S/C21H25N5/c22-15-19-7-4-8-20(24-19)23-17-21(9-10-21)26-13-11-25(12-14-26)16-18-5-2-1-3-6-18/h1-8H,9-14,16-17H2,(H,23,24). The average Bonchev–Trinajstić information content (AvgIpc) is 3.49. The molecule has 134 valence electrons. The van der Waals surface area contributed by atoms with Crippen molar-refractivity contribution in [3.63, 3.8) is 0 Å². The van der Waals surface area contributed by atoms with Crippen LogP contribution in [0.5, 0.6) is 0 Å². The number of hydrogen-bond donors (Lipinski definition) is 1. The molecule has 2 fully saturated rings. The van der Waals surface area contributed by atoms with Crippen LogP contribution in [-0.2, 0) is 6.54 Å². The quantitative estimate of drug-likeness (QED) is 0.871. The lowest BCUT2D eigenvalue weighted by Gasteiger charge is -2.40. The van der Waals surface area contributed by atoms with Crippen LogP contribution < -0.4 is 5.32 Å². The first-order valence-corrected chi connectivity index (χ1v) is 9.40. The number of nitrogens with zero attached hydrogens (tertiary/aromatic N) is 4. The van der Waals surface area contributed by atoms with Gasteiger partial charge in [0.1, 0.15) is 17.6 Å². The second-order valence-electron chi connectivity index (χ2n) is 7.35. The Morgan fingerprint density at radius 1 is 1.00 bits per heavy atom. The molecule has 5 heteroatoms. The molecule has 0 unspecified atom stereocenters. The lowest BCUT2D eigenvalue weighted by molar-refractivity contribution is 0.0856. The molecule has 0 bridgehead atoms. The van der Waals surface area contributed by atoms with Gasteiger partial charge in [0.05, 0.1) is 0 Å². The molecule has 1 saturated carbocycles. The van der Waals surface area contributed by atoms with Gasteiger partial charge >= 0.3 is 0 Å². The third-order valence-electron chi connectivity index (χ3n) is 5.58. The Morgan fingerprint density at radius 2 is 1.77 bits per heavy atom. The largest absolute Gasteiger partial charge is 0.368 e. The van der Waals surface area contributed by atoms with Gasteiger partial charge in [0.2, 0.25) is 0 Å². The van der Waals surface area contributed by atoms with Crippen molar-refractivity contribution >= 4 is 5.82 Å². The molecule has 4 rings (SSSR count). The highest BCUT2D eigenvalue weighted by Crippen LogP contribution is 2.42. The molecule has 1 aliphatic heterocycles. The van der Waals surface area contributed by atoms with Gasteiger partial charge in [-0.1, -0.05) is 36.4 Å². The van der Waals surface area contributed by atoms with E-state index < -0.39 is 0 Å². The van der Waals surface area contributed by atoms with Gasteiger partial charge in [0.25, 0.3) is 0 Å². The van der Waals surface area contributed by atoms with E-state index in [1.54, 1.807) is 6.07 Å². The molecule has 0 atom stereocenters.